The van der Waals surface area contributed by atoms with Crippen molar-refractivity contribution < 1.29 is 0 Å². The Morgan fingerprint density at radius 3 is 2.71 bits per heavy atom. The molecule has 1 aliphatic heterocycles. The zero-order valence-electron chi connectivity index (χ0n) is 9.25. The molecule has 1 rings (SSSR count). The lowest BCUT2D eigenvalue weighted by atomic mass is 10.2. The highest BCUT2D eigenvalue weighted by Crippen LogP contribution is 2.03. The smallest absolute Gasteiger partial charge is 0.0963 e. The van der Waals surface area contributed by atoms with Crippen molar-refractivity contribution >= 4 is 29.8 Å². The molecule has 0 spiro atoms. The van der Waals surface area contributed by atoms with Crippen LogP contribution in [0.3, 0.4) is 0 Å². The van der Waals surface area contributed by atoms with Gasteiger partial charge in [0.1, 0.15) is 0 Å². The third-order valence-electron chi connectivity index (χ3n) is 2.24. The number of rotatable bonds is 4. The summed E-state index contributed by atoms with van der Waals surface area (Å²) in [6.45, 7) is 3.24. The van der Waals surface area contributed by atoms with Crippen LogP contribution in [0, 0.1) is 0 Å². The van der Waals surface area contributed by atoms with Gasteiger partial charge in [0.2, 0.25) is 0 Å². The minimum Gasteiger partial charge on any atom is -0.374 e. The monoisotopic (exact) mass is 311 g/mol. The first-order chi connectivity index (χ1) is 6.29. The van der Waals surface area contributed by atoms with E-state index in [-0.39, 0.29) is 24.0 Å². The lowest BCUT2D eigenvalue weighted by molar-refractivity contribution is 0.399. The molecule has 0 aromatic heterocycles. The van der Waals surface area contributed by atoms with E-state index in [0.29, 0.717) is 0 Å². The van der Waals surface area contributed by atoms with E-state index in [9.17, 15) is 0 Å². The van der Waals surface area contributed by atoms with Crippen LogP contribution >= 0.6 is 24.0 Å². The van der Waals surface area contributed by atoms with Gasteiger partial charge >= 0.3 is 0 Å². The molecule has 0 atom stereocenters. The van der Waals surface area contributed by atoms with Gasteiger partial charge in [0.15, 0.2) is 0 Å². The molecule has 0 amide bonds. The molecule has 1 N–H and O–H groups in total. The number of nitrogens with zero attached hydrogens (tertiary/aromatic N) is 2. The number of amidine groups is 1. The molecule has 1 heterocycles. The minimum atomic E-state index is 0. The maximum absolute atomic E-state index is 4.44. The van der Waals surface area contributed by atoms with Gasteiger partial charge in [0.05, 0.1) is 5.84 Å². The summed E-state index contributed by atoms with van der Waals surface area (Å²) >= 11 is 0. The van der Waals surface area contributed by atoms with Gasteiger partial charge in [-0.15, -0.1) is 24.0 Å². The lowest BCUT2D eigenvalue weighted by Gasteiger charge is -2.14. The molecule has 0 radical (unpaired) electrons. The molecular weight excluding hydrogens is 289 g/mol. The van der Waals surface area contributed by atoms with Crippen LogP contribution in [0.2, 0.25) is 0 Å². The second-order valence-electron chi connectivity index (χ2n) is 3.87. The number of aliphatic imine (C=N–C) groups is 1. The van der Waals surface area contributed by atoms with Gasteiger partial charge in [0.25, 0.3) is 0 Å². The van der Waals surface area contributed by atoms with Gasteiger partial charge in [-0.3, -0.25) is 4.99 Å². The first kappa shape index (κ1) is 14.2. The van der Waals surface area contributed by atoms with E-state index >= 15 is 0 Å². The number of nitrogens with one attached hydrogen (secondary N) is 1. The summed E-state index contributed by atoms with van der Waals surface area (Å²) in [6, 6.07) is 0. The van der Waals surface area contributed by atoms with E-state index in [0.717, 1.165) is 26.1 Å². The van der Waals surface area contributed by atoms with Crippen molar-refractivity contribution in [2.45, 2.75) is 25.7 Å². The molecule has 0 unspecified atom stereocenters. The van der Waals surface area contributed by atoms with E-state index < -0.39 is 0 Å². The van der Waals surface area contributed by atoms with E-state index in [1.54, 1.807) is 0 Å². The third-order valence-corrected chi connectivity index (χ3v) is 2.24. The fraction of sp³-hybridized carbons (Fsp3) is 0.900. The first-order valence-corrected chi connectivity index (χ1v) is 5.21. The maximum Gasteiger partial charge on any atom is 0.0963 e. The fourth-order valence-corrected chi connectivity index (χ4v) is 1.47. The average Bonchev–Trinajstić information content (AvgIpc) is 2.14. The predicted molar refractivity (Wildman–Crippen MR) is 72.7 cm³/mol. The second kappa shape index (κ2) is 8.47. The van der Waals surface area contributed by atoms with Crippen LogP contribution in [0.1, 0.15) is 25.7 Å². The molecule has 1 aliphatic rings. The predicted octanol–water partition coefficient (Wildman–Crippen LogP) is 1.73. The van der Waals surface area contributed by atoms with Crippen LogP contribution in [0.25, 0.3) is 0 Å². The highest BCUT2D eigenvalue weighted by atomic mass is 127. The molecule has 0 aromatic carbocycles. The van der Waals surface area contributed by atoms with Crippen molar-refractivity contribution in [1.29, 1.82) is 0 Å². The van der Waals surface area contributed by atoms with Crippen LogP contribution < -0.4 is 5.32 Å². The summed E-state index contributed by atoms with van der Waals surface area (Å²) in [5.74, 6) is 1.23. The summed E-state index contributed by atoms with van der Waals surface area (Å²) in [5.41, 5.74) is 0. The molecule has 0 saturated carbocycles. The summed E-state index contributed by atoms with van der Waals surface area (Å²) in [6.07, 6.45) is 4.93. The molecule has 14 heavy (non-hydrogen) atoms. The lowest BCUT2D eigenvalue weighted by Crippen LogP contribution is -2.28. The van der Waals surface area contributed by atoms with Gasteiger partial charge in [-0.2, -0.15) is 0 Å². The highest BCUT2D eigenvalue weighted by molar-refractivity contribution is 14.0. The van der Waals surface area contributed by atoms with Crippen LogP contribution in [-0.4, -0.2) is 44.5 Å². The highest BCUT2D eigenvalue weighted by Gasteiger charge is 2.03. The van der Waals surface area contributed by atoms with Gasteiger partial charge in [-0.05, 0) is 39.9 Å². The SMILES string of the molecule is CN(C)CCCNC1=NCCCC1.I. The Balaban J connectivity index is 0.00000169. The Bertz CT molecular complexity index is 169. The molecule has 0 aromatic rings. The summed E-state index contributed by atoms with van der Waals surface area (Å²) in [4.78, 5) is 6.65. The third kappa shape index (κ3) is 6.59. The summed E-state index contributed by atoms with van der Waals surface area (Å²) in [5, 5.41) is 3.40. The van der Waals surface area contributed by atoms with Crippen molar-refractivity contribution in [3.05, 3.63) is 0 Å². The van der Waals surface area contributed by atoms with Crippen molar-refractivity contribution in [2.75, 3.05) is 33.7 Å². The number of halogens is 1. The molecule has 0 saturated heterocycles. The van der Waals surface area contributed by atoms with Gasteiger partial charge < -0.3 is 10.2 Å². The van der Waals surface area contributed by atoms with Crippen LogP contribution in [0.15, 0.2) is 4.99 Å². The molecule has 4 heteroatoms. The number of hydrogen-bond donors (Lipinski definition) is 1. The van der Waals surface area contributed by atoms with Crippen LogP contribution in [0.5, 0.6) is 0 Å². The number of hydrogen-bond acceptors (Lipinski definition) is 3. The Morgan fingerprint density at radius 1 is 1.36 bits per heavy atom. The largest absolute Gasteiger partial charge is 0.374 e. The zero-order chi connectivity index (χ0) is 9.52. The Kier molecular flexibility index (Phi) is 8.56. The van der Waals surface area contributed by atoms with E-state index in [2.05, 4.69) is 29.3 Å². The van der Waals surface area contributed by atoms with E-state index in [1.165, 1.54) is 25.1 Å². The standard InChI is InChI=1S/C10H21N3.HI/c1-13(2)9-5-8-12-10-6-3-4-7-11-10;/h3-9H2,1-2H3,(H,11,12);1H. The molecule has 84 valence electrons. The van der Waals surface area contributed by atoms with Gasteiger partial charge in [0, 0.05) is 19.5 Å². The van der Waals surface area contributed by atoms with Crippen LogP contribution in [-0.2, 0) is 0 Å². The molecular formula is C10H22IN3. The molecule has 0 bridgehead atoms. The van der Waals surface area contributed by atoms with Gasteiger partial charge in [-0.25, -0.2) is 0 Å². The minimum absolute atomic E-state index is 0. The Labute approximate surface area is 104 Å². The molecule has 0 fully saturated rings. The normalized spacial score (nSPS) is 16.1. The summed E-state index contributed by atoms with van der Waals surface area (Å²) < 4.78 is 0. The van der Waals surface area contributed by atoms with Crippen molar-refractivity contribution in [3.8, 4) is 0 Å². The quantitative estimate of drug-likeness (QED) is 0.632. The second-order valence-corrected chi connectivity index (χ2v) is 3.87. The molecule has 0 aliphatic carbocycles. The maximum atomic E-state index is 4.44. The first-order valence-electron chi connectivity index (χ1n) is 5.21. The van der Waals surface area contributed by atoms with E-state index in [4.69, 9.17) is 0 Å². The Morgan fingerprint density at radius 2 is 2.14 bits per heavy atom. The van der Waals surface area contributed by atoms with Crippen molar-refractivity contribution in [1.82, 2.24) is 10.2 Å². The molecule has 3 nitrogen and oxygen atoms in total. The topological polar surface area (TPSA) is 27.6 Å². The Hall–Kier alpha value is 0.160. The van der Waals surface area contributed by atoms with E-state index in [1.807, 2.05) is 0 Å². The summed E-state index contributed by atoms with van der Waals surface area (Å²) in [7, 11) is 4.22. The van der Waals surface area contributed by atoms with Gasteiger partial charge in [-0.1, -0.05) is 0 Å². The van der Waals surface area contributed by atoms with Crippen molar-refractivity contribution in [2.24, 2.45) is 4.99 Å². The zero-order valence-corrected chi connectivity index (χ0v) is 11.6. The van der Waals surface area contributed by atoms with Crippen molar-refractivity contribution in [3.63, 3.8) is 0 Å². The fourth-order valence-electron chi connectivity index (χ4n) is 1.47. The average molecular weight is 311 g/mol. The van der Waals surface area contributed by atoms with Crippen LogP contribution in [0.4, 0.5) is 0 Å².